The number of nitrogens with one attached hydrogen (secondary N) is 1. The van der Waals surface area contributed by atoms with Crippen LogP contribution >= 0.6 is 0 Å². The molecule has 0 aliphatic carbocycles. The van der Waals surface area contributed by atoms with Crippen LogP contribution in [-0.2, 0) is 4.79 Å². The van der Waals surface area contributed by atoms with Crippen molar-refractivity contribution in [3.63, 3.8) is 0 Å². The number of aliphatic hydroxyl groups excluding tert-OH is 3. The van der Waals surface area contributed by atoms with Gasteiger partial charge in [0.2, 0.25) is 5.91 Å². The lowest BCUT2D eigenvalue weighted by Crippen LogP contribution is -2.57. The van der Waals surface area contributed by atoms with Crippen LogP contribution in [0.3, 0.4) is 0 Å². The fourth-order valence-electron chi connectivity index (χ4n) is 2.98. The van der Waals surface area contributed by atoms with Crippen molar-refractivity contribution in [3.05, 3.63) is 12.2 Å². The van der Waals surface area contributed by atoms with Crippen molar-refractivity contribution in [2.75, 3.05) is 19.8 Å². The second-order valence-corrected chi connectivity index (χ2v) is 7.64. The Bertz CT molecular complexity index is 359. The van der Waals surface area contributed by atoms with Gasteiger partial charge in [-0.2, -0.15) is 0 Å². The van der Waals surface area contributed by atoms with Gasteiger partial charge in [-0.15, -0.1) is 0 Å². The molecule has 0 fully saturated rings. The van der Waals surface area contributed by atoms with Gasteiger partial charge >= 0.3 is 0 Å². The first-order chi connectivity index (χ1) is 13.1. The van der Waals surface area contributed by atoms with Crippen LogP contribution in [0.25, 0.3) is 0 Å². The molecule has 0 aromatic heterocycles. The minimum Gasteiger partial charge on any atom is -0.394 e. The SMILES string of the molecule is CCCCCCCC/C=C/CCCCCCCC(=O)NC(CO)(CO)CO. The second-order valence-electron chi connectivity index (χ2n) is 7.64. The van der Waals surface area contributed by atoms with Gasteiger partial charge in [0.15, 0.2) is 0 Å². The number of carbonyl (C=O) groups excluding carboxylic acids is 1. The fourth-order valence-corrected chi connectivity index (χ4v) is 2.98. The average molecular weight is 386 g/mol. The molecule has 0 aliphatic heterocycles. The van der Waals surface area contributed by atoms with E-state index in [1.165, 1.54) is 57.8 Å². The van der Waals surface area contributed by atoms with Gasteiger partial charge in [0.25, 0.3) is 0 Å². The third kappa shape index (κ3) is 14.8. The second kappa shape index (κ2) is 18.5. The normalized spacial score (nSPS) is 12.0. The highest BCUT2D eigenvalue weighted by atomic mass is 16.3. The summed E-state index contributed by atoms with van der Waals surface area (Å²) in [7, 11) is 0. The molecular weight excluding hydrogens is 342 g/mol. The van der Waals surface area contributed by atoms with Crippen molar-refractivity contribution in [3.8, 4) is 0 Å². The molecule has 0 saturated carbocycles. The molecule has 0 atom stereocenters. The minimum atomic E-state index is -1.31. The standard InChI is InChI=1S/C22H43NO4/c1-2-3-4-5-6-7-8-9-10-11-12-13-14-15-16-17-21(27)23-22(18-24,19-25)20-26/h9-10,24-26H,2-8,11-20H2,1H3,(H,23,27)/b10-9+. The maximum absolute atomic E-state index is 11.8. The molecule has 0 saturated heterocycles. The van der Waals surface area contributed by atoms with Gasteiger partial charge in [-0.25, -0.2) is 0 Å². The lowest BCUT2D eigenvalue weighted by atomic mass is 10.0. The molecule has 5 nitrogen and oxygen atoms in total. The Morgan fingerprint density at radius 3 is 1.67 bits per heavy atom. The van der Waals surface area contributed by atoms with Crippen LogP contribution in [0.2, 0.25) is 0 Å². The van der Waals surface area contributed by atoms with Gasteiger partial charge in [0, 0.05) is 6.42 Å². The van der Waals surface area contributed by atoms with E-state index in [4.69, 9.17) is 0 Å². The zero-order valence-corrected chi connectivity index (χ0v) is 17.4. The highest BCUT2D eigenvalue weighted by molar-refractivity contribution is 5.76. The van der Waals surface area contributed by atoms with Crippen LogP contribution < -0.4 is 5.32 Å². The van der Waals surface area contributed by atoms with Crippen LogP contribution in [0.4, 0.5) is 0 Å². The van der Waals surface area contributed by atoms with Crippen molar-refractivity contribution >= 4 is 5.91 Å². The number of allylic oxidation sites excluding steroid dienone is 2. The smallest absolute Gasteiger partial charge is 0.220 e. The summed E-state index contributed by atoms with van der Waals surface area (Å²) in [5.41, 5.74) is -1.31. The quantitative estimate of drug-likeness (QED) is 0.201. The number of hydrogen-bond donors (Lipinski definition) is 4. The molecule has 0 unspecified atom stereocenters. The summed E-state index contributed by atoms with van der Waals surface area (Å²) in [4.78, 5) is 11.8. The summed E-state index contributed by atoms with van der Waals surface area (Å²) in [6.45, 7) is 0.827. The number of amides is 1. The van der Waals surface area contributed by atoms with Crippen LogP contribution in [0, 0.1) is 0 Å². The third-order valence-corrected chi connectivity index (χ3v) is 4.98. The highest BCUT2D eigenvalue weighted by Crippen LogP contribution is 2.10. The maximum atomic E-state index is 11.8. The molecule has 0 bridgehead atoms. The number of rotatable bonds is 19. The molecule has 0 heterocycles. The average Bonchev–Trinajstić information content (AvgIpc) is 2.69. The maximum Gasteiger partial charge on any atom is 0.220 e. The van der Waals surface area contributed by atoms with Gasteiger partial charge < -0.3 is 20.6 Å². The lowest BCUT2D eigenvalue weighted by molar-refractivity contribution is -0.125. The lowest BCUT2D eigenvalue weighted by Gasteiger charge is -2.28. The summed E-state index contributed by atoms with van der Waals surface area (Å²) in [5.74, 6) is -0.232. The van der Waals surface area contributed by atoms with Crippen LogP contribution in [-0.4, -0.2) is 46.6 Å². The molecule has 0 rings (SSSR count). The monoisotopic (exact) mass is 385 g/mol. The Morgan fingerprint density at radius 1 is 0.741 bits per heavy atom. The van der Waals surface area contributed by atoms with E-state index in [0.717, 1.165) is 25.7 Å². The Labute approximate surface area is 166 Å². The van der Waals surface area contributed by atoms with Crippen molar-refractivity contribution < 1.29 is 20.1 Å². The molecule has 4 N–H and O–H groups in total. The minimum absolute atomic E-state index is 0.232. The van der Waals surface area contributed by atoms with Crippen LogP contribution in [0.1, 0.15) is 96.8 Å². The fraction of sp³-hybridized carbons (Fsp3) is 0.864. The molecule has 160 valence electrons. The van der Waals surface area contributed by atoms with Gasteiger partial charge in [-0.1, -0.05) is 70.4 Å². The first kappa shape index (κ1) is 26.1. The Morgan fingerprint density at radius 2 is 1.19 bits per heavy atom. The summed E-state index contributed by atoms with van der Waals surface area (Å²) in [6.07, 6.45) is 20.7. The Hall–Kier alpha value is -0.910. The number of hydrogen-bond acceptors (Lipinski definition) is 4. The summed E-state index contributed by atoms with van der Waals surface area (Å²) < 4.78 is 0. The van der Waals surface area contributed by atoms with Gasteiger partial charge in [0.05, 0.1) is 19.8 Å². The molecule has 0 aliphatic rings. The summed E-state index contributed by atoms with van der Waals surface area (Å²) in [6, 6.07) is 0. The summed E-state index contributed by atoms with van der Waals surface area (Å²) in [5, 5.41) is 30.1. The predicted molar refractivity (Wildman–Crippen MR) is 112 cm³/mol. The van der Waals surface area contributed by atoms with E-state index in [-0.39, 0.29) is 5.91 Å². The zero-order chi connectivity index (χ0) is 20.2. The molecule has 27 heavy (non-hydrogen) atoms. The van der Waals surface area contributed by atoms with Gasteiger partial charge in [0.1, 0.15) is 5.54 Å². The van der Waals surface area contributed by atoms with Crippen molar-refractivity contribution in [2.24, 2.45) is 0 Å². The van der Waals surface area contributed by atoms with E-state index in [1.54, 1.807) is 0 Å². The van der Waals surface area contributed by atoms with Crippen LogP contribution in [0.15, 0.2) is 12.2 Å². The number of carbonyl (C=O) groups is 1. The molecule has 0 aromatic carbocycles. The molecule has 1 amide bonds. The number of unbranched alkanes of at least 4 members (excludes halogenated alkanes) is 11. The number of aliphatic hydroxyl groups is 3. The van der Waals surface area contributed by atoms with E-state index in [9.17, 15) is 20.1 Å². The Kier molecular flexibility index (Phi) is 17.8. The van der Waals surface area contributed by atoms with Crippen molar-refractivity contribution in [1.82, 2.24) is 5.32 Å². The van der Waals surface area contributed by atoms with E-state index >= 15 is 0 Å². The van der Waals surface area contributed by atoms with Crippen molar-refractivity contribution in [2.45, 2.75) is 102 Å². The van der Waals surface area contributed by atoms with E-state index < -0.39 is 25.4 Å². The highest BCUT2D eigenvalue weighted by Gasteiger charge is 2.29. The van der Waals surface area contributed by atoms with E-state index in [2.05, 4.69) is 24.4 Å². The topological polar surface area (TPSA) is 89.8 Å². The van der Waals surface area contributed by atoms with E-state index in [1.807, 2.05) is 0 Å². The Balaban J connectivity index is 3.46. The zero-order valence-electron chi connectivity index (χ0n) is 17.4. The van der Waals surface area contributed by atoms with Crippen LogP contribution in [0.5, 0.6) is 0 Å². The van der Waals surface area contributed by atoms with Gasteiger partial charge in [-0.05, 0) is 32.1 Å². The van der Waals surface area contributed by atoms with E-state index in [0.29, 0.717) is 6.42 Å². The van der Waals surface area contributed by atoms with Crippen molar-refractivity contribution in [1.29, 1.82) is 0 Å². The molecular formula is C22H43NO4. The molecule has 5 heteroatoms. The first-order valence-electron chi connectivity index (χ1n) is 10.9. The first-order valence-corrected chi connectivity index (χ1v) is 10.9. The predicted octanol–water partition coefficient (Wildman–Crippen LogP) is 3.86. The summed E-state index contributed by atoms with van der Waals surface area (Å²) >= 11 is 0. The molecule has 0 aromatic rings. The molecule has 0 spiro atoms. The van der Waals surface area contributed by atoms with Gasteiger partial charge in [-0.3, -0.25) is 4.79 Å². The largest absolute Gasteiger partial charge is 0.394 e. The molecule has 0 radical (unpaired) electrons. The third-order valence-electron chi connectivity index (χ3n) is 4.98.